The molecule has 0 aliphatic heterocycles. The van der Waals surface area contributed by atoms with E-state index in [0.717, 1.165) is 39.0 Å². The van der Waals surface area contributed by atoms with E-state index in [2.05, 4.69) is 32.8 Å². The van der Waals surface area contributed by atoms with E-state index in [1.807, 2.05) is 42.8 Å². The molecule has 0 aliphatic carbocycles. The number of hydrogen-bond acceptors (Lipinski definition) is 7. The van der Waals surface area contributed by atoms with Gasteiger partial charge in [0.15, 0.2) is 10.3 Å². The standard InChI is InChI=1S/C17H21N5OS2/c1-4-23-14-8-6-12(7-9-14)18-16-19-13(11-25-16)10-15-20-21-17(22(15)3)24-5-2/h6-9,11H,4-5,10H2,1-3H3,(H,18,19). The molecule has 1 aromatic carbocycles. The maximum atomic E-state index is 5.45. The molecule has 25 heavy (non-hydrogen) atoms. The van der Waals surface area contributed by atoms with Gasteiger partial charge in [-0.2, -0.15) is 0 Å². The number of hydrogen-bond donors (Lipinski definition) is 1. The molecule has 0 spiro atoms. The van der Waals surface area contributed by atoms with Crippen LogP contribution in [0.1, 0.15) is 25.4 Å². The zero-order valence-corrected chi connectivity index (χ0v) is 16.2. The number of benzene rings is 1. The van der Waals surface area contributed by atoms with Gasteiger partial charge in [-0.25, -0.2) is 4.98 Å². The third-order valence-electron chi connectivity index (χ3n) is 3.51. The third kappa shape index (κ3) is 4.52. The smallest absolute Gasteiger partial charge is 0.190 e. The fourth-order valence-corrected chi connectivity index (χ4v) is 3.67. The molecular formula is C17H21N5OS2. The maximum Gasteiger partial charge on any atom is 0.190 e. The summed E-state index contributed by atoms with van der Waals surface area (Å²) in [4.78, 5) is 4.64. The number of thioether (sulfide) groups is 1. The lowest BCUT2D eigenvalue weighted by atomic mass is 10.3. The quantitative estimate of drug-likeness (QED) is 0.598. The van der Waals surface area contributed by atoms with Crippen LogP contribution in [0.15, 0.2) is 34.8 Å². The van der Waals surface area contributed by atoms with E-state index in [0.29, 0.717) is 13.0 Å². The van der Waals surface area contributed by atoms with Crippen LogP contribution >= 0.6 is 23.1 Å². The summed E-state index contributed by atoms with van der Waals surface area (Å²) in [6.45, 7) is 4.76. The summed E-state index contributed by atoms with van der Waals surface area (Å²) in [5.74, 6) is 2.78. The Kier molecular flexibility index (Phi) is 5.93. The molecule has 0 saturated heterocycles. The number of anilines is 2. The molecule has 3 rings (SSSR count). The largest absolute Gasteiger partial charge is 0.494 e. The molecule has 132 valence electrons. The van der Waals surface area contributed by atoms with Crippen molar-refractivity contribution in [3.05, 3.63) is 41.2 Å². The second-order valence-corrected chi connectivity index (χ2v) is 7.38. The zero-order valence-electron chi connectivity index (χ0n) is 14.5. The molecule has 0 atom stereocenters. The summed E-state index contributed by atoms with van der Waals surface area (Å²) < 4.78 is 7.49. The molecule has 0 amide bonds. The highest BCUT2D eigenvalue weighted by Gasteiger charge is 2.11. The van der Waals surface area contributed by atoms with Gasteiger partial charge in [-0.1, -0.05) is 18.7 Å². The molecule has 1 N–H and O–H groups in total. The van der Waals surface area contributed by atoms with E-state index < -0.39 is 0 Å². The average molecular weight is 376 g/mol. The molecule has 2 aromatic heterocycles. The maximum absolute atomic E-state index is 5.45. The Labute approximate surface area is 155 Å². The van der Waals surface area contributed by atoms with E-state index in [-0.39, 0.29) is 0 Å². The second kappa shape index (κ2) is 8.35. The Balaban J connectivity index is 1.64. The van der Waals surface area contributed by atoms with Gasteiger partial charge in [0, 0.05) is 18.1 Å². The van der Waals surface area contributed by atoms with Crippen molar-refractivity contribution in [2.24, 2.45) is 7.05 Å². The first-order valence-electron chi connectivity index (χ1n) is 8.15. The monoisotopic (exact) mass is 375 g/mol. The lowest BCUT2D eigenvalue weighted by molar-refractivity contribution is 0.340. The van der Waals surface area contributed by atoms with Gasteiger partial charge in [-0.05, 0) is 36.9 Å². The van der Waals surface area contributed by atoms with Crippen molar-refractivity contribution in [3.63, 3.8) is 0 Å². The Morgan fingerprint density at radius 1 is 1.20 bits per heavy atom. The summed E-state index contributed by atoms with van der Waals surface area (Å²) in [5.41, 5.74) is 1.98. The Hall–Kier alpha value is -2.06. The normalized spacial score (nSPS) is 10.8. The van der Waals surface area contributed by atoms with Gasteiger partial charge < -0.3 is 14.6 Å². The fraction of sp³-hybridized carbons (Fsp3) is 0.353. The van der Waals surface area contributed by atoms with Gasteiger partial charge in [-0.15, -0.1) is 21.5 Å². The van der Waals surface area contributed by atoms with Crippen LogP contribution in [0, 0.1) is 0 Å². The van der Waals surface area contributed by atoms with Gasteiger partial charge in [-0.3, -0.25) is 0 Å². The van der Waals surface area contributed by atoms with E-state index in [4.69, 9.17) is 4.74 Å². The zero-order chi connectivity index (χ0) is 17.6. The average Bonchev–Trinajstić information content (AvgIpc) is 3.19. The van der Waals surface area contributed by atoms with Crippen LogP contribution in [0.2, 0.25) is 0 Å². The number of rotatable bonds is 8. The summed E-state index contributed by atoms with van der Waals surface area (Å²) in [6.07, 6.45) is 0.676. The number of aromatic nitrogens is 4. The molecule has 2 heterocycles. The molecule has 8 heteroatoms. The predicted molar refractivity (Wildman–Crippen MR) is 103 cm³/mol. The minimum absolute atomic E-state index is 0.670. The Morgan fingerprint density at radius 2 is 2.00 bits per heavy atom. The highest BCUT2D eigenvalue weighted by molar-refractivity contribution is 7.99. The van der Waals surface area contributed by atoms with Crippen molar-refractivity contribution in [2.75, 3.05) is 17.7 Å². The van der Waals surface area contributed by atoms with E-state index >= 15 is 0 Å². The summed E-state index contributed by atoms with van der Waals surface area (Å²) in [5, 5.41) is 15.7. The SMILES string of the molecule is CCOc1ccc(Nc2nc(Cc3nnc(SCC)n3C)cs2)cc1. The lowest BCUT2D eigenvalue weighted by Crippen LogP contribution is -2.01. The van der Waals surface area contributed by atoms with E-state index in [1.165, 1.54) is 0 Å². The summed E-state index contributed by atoms with van der Waals surface area (Å²) in [6, 6.07) is 7.88. The second-order valence-electron chi connectivity index (χ2n) is 5.29. The molecule has 3 aromatic rings. The summed E-state index contributed by atoms with van der Waals surface area (Å²) >= 11 is 3.28. The number of thiazole rings is 1. The first kappa shape index (κ1) is 17.8. The first-order valence-corrected chi connectivity index (χ1v) is 10.0. The van der Waals surface area contributed by atoms with Crippen molar-refractivity contribution in [1.82, 2.24) is 19.7 Å². The number of nitrogens with one attached hydrogen (secondary N) is 1. The topological polar surface area (TPSA) is 64.9 Å². The molecule has 0 unspecified atom stereocenters. The van der Waals surface area contributed by atoms with Crippen molar-refractivity contribution in [2.45, 2.75) is 25.4 Å². The van der Waals surface area contributed by atoms with Gasteiger partial charge in [0.25, 0.3) is 0 Å². The first-order chi connectivity index (χ1) is 12.2. The predicted octanol–water partition coefficient (Wildman–Crippen LogP) is 4.12. The van der Waals surface area contributed by atoms with Gasteiger partial charge in [0.1, 0.15) is 11.6 Å². The van der Waals surface area contributed by atoms with Crippen molar-refractivity contribution in [1.29, 1.82) is 0 Å². The highest BCUT2D eigenvalue weighted by Crippen LogP contribution is 2.24. The molecular weight excluding hydrogens is 354 g/mol. The fourth-order valence-electron chi connectivity index (χ4n) is 2.29. The van der Waals surface area contributed by atoms with Crippen LogP contribution in [-0.4, -0.2) is 32.1 Å². The van der Waals surface area contributed by atoms with Crippen molar-refractivity contribution >= 4 is 33.9 Å². The molecule has 0 bridgehead atoms. The molecule has 0 fully saturated rings. The van der Waals surface area contributed by atoms with E-state index in [9.17, 15) is 0 Å². The van der Waals surface area contributed by atoms with E-state index in [1.54, 1.807) is 23.1 Å². The van der Waals surface area contributed by atoms with Gasteiger partial charge in [0.2, 0.25) is 0 Å². The van der Waals surface area contributed by atoms with Gasteiger partial charge in [0.05, 0.1) is 18.7 Å². The van der Waals surface area contributed by atoms with Crippen LogP contribution < -0.4 is 10.1 Å². The van der Waals surface area contributed by atoms with Gasteiger partial charge >= 0.3 is 0 Å². The third-order valence-corrected chi connectivity index (χ3v) is 5.22. The molecule has 6 nitrogen and oxygen atoms in total. The van der Waals surface area contributed by atoms with Crippen LogP contribution in [0.5, 0.6) is 5.75 Å². The van der Waals surface area contributed by atoms with Crippen LogP contribution in [0.25, 0.3) is 0 Å². The Bertz CT molecular complexity index is 813. The lowest BCUT2D eigenvalue weighted by Gasteiger charge is -2.05. The number of nitrogens with zero attached hydrogens (tertiary/aromatic N) is 4. The molecule has 0 radical (unpaired) electrons. The molecule has 0 aliphatic rings. The van der Waals surface area contributed by atoms with Crippen molar-refractivity contribution < 1.29 is 4.74 Å². The van der Waals surface area contributed by atoms with Crippen LogP contribution in [0.3, 0.4) is 0 Å². The Morgan fingerprint density at radius 3 is 2.72 bits per heavy atom. The summed E-state index contributed by atoms with van der Waals surface area (Å²) in [7, 11) is 2.00. The van der Waals surface area contributed by atoms with Crippen LogP contribution in [0.4, 0.5) is 10.8 Å². The minimum atomic E-state index is 0.670. The minimum Gasteiger partial charge on any atom is -0.494 e. The molecule has 0 saturated carbocycles. The van der Waals surface area contributed by atoms with Crippen LogP contribution in [-0.2, 0) is 13.5 Å². The van der Waals surface area contributed by atoms with Crippen molar-refractivity contribution in [3.8, 4) is 5.75 Å². The highest BCUT2D eigenvalue weighted by atomic mass is 32.2. The number of ether oxygens (including phenoxy) is 1.